The fourth-order valence-corrected chi connectivity index (χ4v) is 1.21. The first-order valence-corrected chi connectivity index (χ1v) is 4.82. The van der Waals surface area contributed by atoms with E-state index in [9.17, 15) is 4.79 Å². The molecular formula is C11H17ClN2O2. The number of carbonyl (C=O) groups is 1. The lowest BCUT2D eigenvalue weighted by molar-refractivity contribution is -0.124. The maximum Gasteiger partial charge on any atom is 0.245 e. The molecule has 0 unspecified atom stereocenters. The van der Waals surface area contributed by atoms with Gasteiger partial charge in [-0.2, -0.15) is 0 Å². The van der Waals surface area contributed by atoms with Crippen molar-refractivity contribution < 1.29 is 9.53 Å². The normalized spacial score (nSPS) is 9.31. The summed E-state index contributed by atoms with van der Waals surface area (Å²) in [6.45, 7) is 0.730. The average molecular weight is 245 g/mol. The minimum absolute atomic E-state index is 0. The van der Waals surface area contributed by atoms with Crippen molar-refractivity contribution >= 4 is 24.0 Å². The number of hydrogen-bond donors (Lipinski definition) is 2. The van der Waals surface area contributed by atoms with Crippen molar-refractivity contribution in [3.8, 4) is 0 Å². The Morgan fingerprint density at radius 2 is 2.00 bits per heavy atom. The van der Waals surface area contributed by atoms with E-state index >= 15 is 0 Å². The third-order valence-corrected chi connectivity index (χ3v) is 1.99. The number of carbonyl (C=O) groups excluding carboxylic acids is 1. The van der Waals surface area contributed by atoms with E-state index in [1.54, 1.807) is 0 Å². The molecule has 0 radical (unpaired) electrons. The van der Waals surface area contributed by atoms with Crippen molar-refractivity contribution in [2.45, 2.75) is 6.42 Å². The molecule has 0 heterocycles. The Balaban J connectivity index is 0.00000225. The molecule has 1 amide bonds. The summed E-state index contributed by atoms with van der Waals surface area (Å²) in [6.07, 6.45) is 0.801. The number of ether oxygens (including phenoxy) is 1. The molecule has 0 aliphatic rings. The molecule has 0 saturated carbocycles. The van der Waals surface area contributed by atoms with Crippen molar-refractivity contribution in [1.82, 2.24) is 5.32 Å². The molecule has 5 heteroatoms. The van der Waals surface area contributed by atoms with Gasteiger partial charge in [0.05, 0.1) is 0 Å². The van der Waals surface area contributed by atoms with E-state index in [0.717, 1.165) is 17.7 Å². The fraction of sp³-hybridized carbons (Fsp3) is 0.364. The number of halogens is 1. The van der Waals surface area contributed by atoms with Gasteiger partial charge < -0.3 is 15.8 Å². The van der Waals surface area contributed by atoms with Crippen LogP contribution in [0.25, 0.3) is 0 Å². The van der Waals surface area contributed by atoms with Gasteiger partial charge in [0.15, 0.2) is 0 Å². The molecule has 0 fully saturated rings. The smallest absolute Gasteiger partial charge is 0.245 e. The number of amides is 1. The van der Waals surface area contributed by atoms with Gasteiger partial charge in [-0.25, -0.2) is 0 Å². The molecule has 0 spiro atoms. The third kappa shape index (κ3) is 5.58. The molecule has 1 aromatic rings. The summed E-state index contributed by atoms with van der Waals surface area (Å²) in [7, 11) is 1.50. The van der Waals surface area contributed by atoms with Crippen LogP contribution in [-0.4, -0.2) is 26.2 Å². The van der Waals surface area contributed by atoms with Crippen LogP contribution in [0.15, 0.2) is 24.3 Å². The molecule has 0 saturated heterocycles. The van der Waals surface area contributed by atoms with Gasteiger partial charge in [0.1, 0.15) is 6.61 Å². The van der Waals surface area contributed by atoms with Gasteiger partial charge in [0.2, 0.25) is 5.91 Å². The van der Waals surface area contributed by atoms with Gasteiger partial charge in [-0.1, -0.05) is 12.1 Å². The molecule has 1 rings (SSSR count). The second kappa shape index (κ2) is 7.96. The molecule has 0 aromatic heterocycles. The summed E-state index contributed by atoms with van der Waals surface area (Å²) in [6, 6.07) is 7.62. The fourth-order valence-electron chi connectivity index (χ4n) is 1.21. The quantitative estimate of drug-likeness (QED) is 0.760. The highest BCUT2D eigenvalue weighted by atomic mass is 35.5. The third-order valence-electron chi connectivity index (χ3n) is 1.99. The number of benzene rings is 1. The zero-order chi connectivity index (χ0) is 11.1. The number of nitrogen functional groups attached to an aromatic ring is 1. The van der Waals surface area contributed by atoms with Crippen LogP contribution in [0, 0.1) is 0 Å². The van der Waals surface area contributed by atoms with E-state index in [4.69, 9.17) is 10.5 Å². The highest BCUT2D eigenvalue weighted by Gasteiger charge is 1.98. The van der Waals surface area contributed by atoms with Crippen LogP contribution < -0.4 is 11.1 Å². The lowest BCUT2D eigenvalue weighted by Crippen LogP contribution is -2.28. The largest absolute Gasteiger partial charge is 0.399 e. The summed E-state index contributed by atoms with van der Waals surface area (Å²) in [4.78, 5) is 11.0. The molecule has 0 aliphatic heterocycles. The summed E-state index contributed by atoms with van der Waals surface area (Å²) < 4.78 is 4.69. The van der Waals surface area contributed by atoms with Crippen molar-refractivity contribution in [3.05, 3.63) is 29.8 Å². The van der Waals surface area contributed by atoms with Crippen molar-refractivity contribution in [2.75, 3.05) is 26.0 Å². The number of methoxy groups -OCH3 is 1. The van der Waals surface area contributed by atoms with Crippen molar-refractivity contribution in [2.24, 2.45) is 0 Å². The van der Waals surface area contributed by atoms with Crippen LogP contribution in [0.4, 0.5) is 5.69 Å². The lowest BCUT2D eigenvalue weighted by Gasteiger charge is -2.04. The standard InChI is InChI=1S/C11H16N2O2.ClH/c1-15-8-11(14)13-7-6-9-2-4-10(12)5-3-9;/h2-5H,6-8,12H2,1H3,(H,13,14);1H. The van der Waals surface area contributed by atoms with E-state index < -0.39 is 0 Å². The number of nitrogens with one attached hydrogen (secondary N) is 1. The maximum absolute atomic E-state index is 11.0. The molecule has 16 heavy (non-hydrogen) atoms. The van der Waals surface area contributed by atoms with Gasteiger partial charge in [0, 0.05) is 19.3 Å². The van der Waals surface area contributed by atoms with E-state index in [0.29, 0.717) is 6.54 Å². The SMILES string of the molecule is COCC(=O)NCCc1ccc(N)cc1.Cl. The van der Waals surface area contributed by atoms with Crippen LogP contribution in [0.2, 0.25) is 0 Å². The summed E-state index contributed by atoms with van der Waals surface area (Å²) in [5.41, 5.74) is 7.46. The molecule has 0 atom stereocenters. The van der Waals surface area contributed by atoms with Crippen molar-refractivity contribution in [3.63, 3.8) is 0 Å². The zero-order valence-electron chi connectivity index (χ0n) is 9.23. The maximum atomic E-state index is 11.0. The topological polar surface area (TPSA) is 64.3 Å². The van der Waals surface area contributed by atoms with Gasteiger partial charge in [0.25, 0.3) is 0 Å². The Labute approximate surface area is 102 Å². The van der Waals surface area contributed by atoms with E-state index in [1.165, 1.54) is 7.11 Å². The number of nitrogens with two attached hydrogens (primary N) is 1. The highest BCUT2D eigenvalue weighted by molar-refractivity contribution is 5.85. The monoisotopic (exact) mass is 244 g/mol. The Bertz CT molecular complexity index is 314. The van der Waals surface area contributed by atoms with Crippen LogP contribution in [0.3, 0.4) is 0 Å². The van der Waals surface area contributed by atoms with Crippen molar-refractivity contribution in [1.29, 1.82) is 0 Å². The molecule has 4 nitrogen and oxygen atoms in total. The van der Waals surface area contributed by atoms with E-state index in [-0.39, 0.29) is 24.9 Å². The Kier molecular flexibility index (Phi) is 7.33. The van der Waals surface area contributed by atoms with Gasteiger partial charge in [-0.05, 0) is 24.1 Å². The molecule has 90 valence electrons. The Hall–Kier alpha value is -1.26. The highest BCUT2D eigenvalue weighted by Crippen LogP contribution is 2.05. The second-order valence-electron chi connectivity index (χ2n) is 3.27. The minimum Gasteiger partial charge on any atom is -0.399 e. The predicted octanol–water partition coefficient (Wildman–Crippen LogP) is 0.996. The van der Waals surface area contributed by atoms with Gasteiger partial charge in [-0.3, -0.25) is 4.79 Å². The summed E-state index contributed by atoms with van der Waals surface area (Å²) in [5.74, 6) is -0.0899. The van der Waals surface area contributed by atoms with Gasteiger partial charge >= 0.3 is 0 Å². The van der Waals surface area contributed by atoms with Crippen LogP contribution in [-0.2, 0) is 16.0 Å². The Morgan fingerprint density at radius 3 is 2.56 bits per heavy atom. The molecule has 0 aliphatic carbocycles. The van der Waals surface area contributed by atoms with Crippen LogP contribution >= 0.6 is 12.4 Å². The second-order valence-corrected chi connectivity index (χ2v) is 3.27. The zero-order valence-corrected chi connectivity index (χ0v) is 10.0. The van der Waals surface area contributed by atoms with Gasteiger partial charge in [-0.15, -0.1) is 12.4 Å². The van der Waals surface area contributed by atoms with Crippen LogP contribution in [0.1, 0.15) is 5.56 Å². The first-order chi connectivity index (χ1) is 7.22. The summed E-state index contributed by atoms with van der Waals surface area (Å²) in [5, 5.41) is 2.75. The minimum atomic E-state index is -0.0899. The summed E-state index contributed by atoms with van der Waals surface area (Å²) >= 11 is 0. The van der Waals surface area contributed by atoms with E-state index in [2.05, 4.69) is 5.32 Å². The van der Waals surface area contributed by atoms with Crippen LogP contribution in [0.5, 0.6) is 0 Å². The molecule has 0 bridgehead atoms. The average Bonchev–Trinajstić information content (AvgIpc) is 2.21. The lowest BCUT2D eigenvalue weighted by atomic mass is 10.1. The van der Waals surface area contributed by atoms with E-state index in [1.807, 2.05) is 24.3 Å². The first-order valence-electron chi connectivity index (χ1n) is 4.82. The molecular weight excluding hydrogens is 228 g/mol. The number of rotatable bonds is 5. The first kappa shape index (κ1) is 14.7. The number of hydrogen-bond acceptors (Lipinski definition) is 3. The predicted molar refractivity (Wildman–Crippen MR) is 66.7 cm³/mol. The molecule has 3 N–H and O–H groups in total. The number of anilines is 1. The Morgan fingerprint density at radius 1 is 1.38 bits per heavy atom. The molecule has 1 aromatic carbocycles.